The second-order valence-corrected chi connectivity index (χ2v) is 14.8. The third-order valence-electron chi connectivity index (χ3n) is 8.48. The zero-order valence-electron chi connectivity index (χ0n) is 24.3. The van der Waals surface area contributed by atoms with Crippen LogP contribution in [0.15, 0.2) is 47.5 Å². The summed E-state index contributed by atoms with van der Waals surface area (Å²) in [4.78, 5) is 22.1. The molecule has 6 rings (SSSR count). The number of anilines is 2. The Morgan fingerprint density at radius 1 is 1.10 bits per heavy atom. The van der Waals surface area contributed by atoms with Crippen molar-refractivity contribution < 1.29 is 22.7 Å². The Hall–Kier alpha value is -3.13. The number of nitrogens with zero attached hydrogens (tertiary/aromatic N) is 6. The van der Waals surface area contributed by atoms with Gasteiger partial charge in [0.15, 0.2) is 0 Å². The maximum atomic E-state index is 13.4. The van der Waals surface area contributed by atoms with E-state index in [4.69, 9.17) is 9.47 Å². The van der Waals surface area contributed by atoms with Gasteiger partial charge < -0.3 is 14.4 Å². The van der Waals surface area contributed by atoms with Crippen molar-refractivity contribution in [2.75, 3.05) is 55.7 Å². The lowest BCUT2D eigenvalue weighted by molar-refractivity contribution is 0.122. The van der Waals surface area contributed by atoms with E-state index in [0.717, 1.165) is 36.0 Å². The minimum absolute atomic E-state index is 0.0502. The SMILES string of the molecule is Cc1nnsc1OC(=O)N(CC1C2CN(S(=O)(=O)c3ccc(C(C)(C)C)cc3)CC12)c1ccc(N2CCOCC2)nc1. The summed E-state index contributed by atoms with van der Waals surface area (Å²) < 4.78 is 43.4. The van der Waals surface area contributed by atoms with Crippen LogP contribution in [0.1, 0.15) is 32.0 Å². The first-order valence-corrected chi connectivity index (χ1v) is 16.4. The fourth-order valence-corrected chi connectivity index (χ4v) is 7.85. The van der Waals surface area contributed by atoms with E-state index in [-0.39, 0.29) is 23.2 Å². The van der Waals surface area contributed by atoms with Gasteiger partial charge in [0, 0.05) is 44.3 Å². The fraction of sp³-hybridized carbons (Fsp3) is 0.517. The van der Waals surface area contributed by atoms with E-state index in [9.17, 15) is 13.2 Å². The summed E-state index contributed by atoms with van der Waals surface area (Å²) in [5, 5.41) is 4.30. The molecule has 3 fully saturated rings. The number of amides is 1. The zero-order chi connectivity index (χ0) is 29.6. The summed E-state index contributed by atoms with van der Waals surface area (Å²) in [6.45, 7) is 12.2. The number of benzene rings is 1. The molecule has 2 atom stereocenters. The van der Waals surface area contributed by atoms with Crippen molar-refractivity contribution in [3.63, 3.8) is 0 Å². The van der Waals surface area contributed by atoms with Crippen molar-refractivity contribution in [3.8, 4) is 5.06 Å². The highest BCUT2D eigenvalue weighted by atomic mass is 32.2. The van der Waals surface area contributed by atoms with E-state index in [2.05, 4.69) is 40.2 Å². The molecule has 13 heteroatoms. The summed E-state index contributed by atoms with van der Waals surface area (Å²) in [5.41, 5.74) is 2.22. The average Bonchev–Trinajstić information content (AvgIpc) is 3.26. The predicted octanol–water partition coefficient (Wildman–Crippen LogP) is 3.95. The van der Waals surface area contributed by atoms with Crippen LogP contribution in [0.2, 0.25) is 0 Å². The number of sulfonamides is 1. The summed E-state index contributed by atoms with van der Waals surface area (Å²) >= 11 is 1.03. The average molecular weight is 613 g/mol. The van der Waals surface area contributed by atoms with Crippen molar-refractivity contribution in [1.29, 1.82) is 0 Å². The number of ether oxygens (including phenoxy) is 2. The molecule has 11 nitrogen and oxygen atoms in total. The summed E-state index contributed by atoms with van der Waals surface area (Å²) in [6, 6.07) is 11.0. The Labute approximate surface area is 250 Å². The number of hydrogen-bond donors (Lipinski definition) is 0. The van der Waals surface area contributed by atoms with Gasteiger partial charge in [-0.1, -0.05) is 37.4 Å². The second kappa shape index (κ2) is 11.2. The monoisotopic (exact) mass is 612 g/mol. The first-order valence-electron chi connectivity index (χ1n) is 14.2. The molecule has 0 radical (unpaired) electrons. The van der Waals surface area contributed by atoms with Crippen LogP contribution >= 0.6 is 11.5 Å². The molecule has 1 aliphatic carbocycles. The molecule has 1 saturated carbocycles. The Bertz CT molecular complexity index is 1520. The largest absolute Gasteiger partial charge is 0.420 e. The molecular formula is C29H36N6O5S2. The number of morpholine rings is 1. The van der Waals surface area contributed by atoms with E-state index >= 15 is 0 Å². The lowest BCUT2D eigenvalue weighted by Gasteiger charge is -2.28. The van der Waals surface area contributed by atoms with Crippen molar-refractivity contribution in [1.82, 2.24) is 18.9 Å². The molecule has 0 spiro atoms. The van der Waals surface area contributed by atoms with Crippen LogP contribution in [0.4, 0.5) is 16.3 Å². The topological polar surface area (TPSA) is 118 Å². The fourth-order valence-electron chi connectivity index (χ4n) is 5.82. The van der Waals surface area contributed by atoms with Crippen molar-refractivity contribution in [3.05, 3.63) is 53.9 Å². The highest BCUT2D eigenvalue weighted by Crippen LogP contribution is 2.53. The van der Waals surface area contributed by atoms with Crippen molar-refractivity contribution in [2.45, 2.75) is 38.0 Å². The molecule has 2 aromatic heterocycles. The maximum absolute atomic E-state index is 13.4. The molecule has 42 heavy (non-hydrogen) atoms. The van der Waals surface area contributed by atoms with Gasteiger partial charge in [-0.15, -0.1) is 5.10 Å². The van der Waals surface area contributed by atoms with Crippen LogP contribution in [-0.4, -0.2) is 79.3 Å². The third kappa shape index (κ3) is 5.75. The molecule has 1 aromatic carbocycles. The molecule has 0 bridgehead atoms. The first-order chi connectivity index (χ1) is 20.0. The van der Waals surface area contributed by atoms with Crippen molar-refractivity contribution in [2.24, 2.45) is 17.8 Å². The molecule has 4 heterocycles. The number of aromatic nitrogens is 3. The minimum atomic E-state index is -3.59. The van der Waals surface area contributed by atoms with Crippen LogP contribution in [0, 0.1) is 24.7 Å². The van der Waals surface area contributed by atoms with Gasteiger partial charge in [0.25, 0.3) is 0 Å². The summed E-state index contributed by atoms with van der Waals surface area (Å²) in [6.07, 6.45) is 1.17. The maximum Gasteiger partial charge on any atom is 0.420 e. The Kier molecular flexibility index (Phi) is 7.71. The molecule has 2 saturated heterocycles. The van der Waals surface area contributed by atoms with Gasteiger partial charge in [-0.25, -0.2) is 18.2 Å². The Balaban J connectivity index is 1.15. The predicted molar refractivity (Wildman–Crippen MR) is 160 cm³/mol. The minimum Gasteiger partial charge on any atom is -0.395 e. The first kappa shape index (κ1) is 29.0. The van der Waals surface area contributed by atoms with E-state index in [1.807, 2.05) is 24.3 Å². The van der Waals surface area contributed by atoms with E-state index in [0.29, 0.717) is 54.2 Å². The number of rotatable bonds is 7. The highest BCUT2D eigenvalue weighted by molar-refractivity contribution is 7.89. The molecule has 2 unspecified atom stereocenters. The standard InChI is InChI=1S/C29H36N6O5S2/c1-19-27(41-32-31-19)40-28(36)35(21-7-10-26(30-15-21)33-11-13-39-14-12-33)18-25-23-16-34(17-24(23)25)42(37,38)22-8-5-20(6-9-22)29(2,3)4/h5-10,15,23-25H,11-14,16-18H2,1-4H3. The number of fused-ring (bicyclic) bond motifs is 1. The molecule has 224 valence electrons. The van der Waals surface area contributed by atoms with Crippen LogP contribution in [0.5, 0.6) is 5.06 Å². The molecule has 3 aliphatic rings. The van der Waals surface area contributed by atoms with Gasteiger partial charge >= 0.3 is 6.09 Å². The van der Waals surface area contributed by atoms with Crippen LogP contribution in [-0.2, 0) is 20.2 Å². The normalized spacial score (nSPS) is 22.6. The number of piperidine rings is 1. The summed E-state index contributed by atoms with van der Waals surface area (Å²) in [7, 11) is -3.59. The Morgan fingerprint density at radius 2 is 1.79 bits per heavy atom. The van der Waals surface area contributed by atoms with Crippen molar-refractivity contribution >= 4 is 39.2 Å². The molecule has 0 N–H and O–H groups in total. The van der Waals surface area contributed by atoms with Gasteiger partial charge in [0.1, 0.15) is 11.5 Å². The lowest BCUT2D eigenvalue weighted by atomic mass is 9.87. The number of carbonyl (C=O) groups is 1. The molecule has 2 aliphatic heterocycles. The third-order valence-corrected chi connectivity index (χ3v) is 11.0. The van der Waals surface area contributed by atoms with Gasteiger partial charge in [-0.3, -0.25) is 4.90 Å². The van der Waals surface area contributed by atoms with Gasteiger partial charge in [0.2, 0.25) is 15.1 Å². The lowest BCUT2D eigenvalue weighted by Crippen LogP contribution is -2.39. The quantitative estimate of drug-likeness (QED) is 0.391. The molecular weight excluding hydrogens is 576 g/mol. The smallest absolute Gasteiger partial charge is 0.395 e. The second-order valence-electron chi connectivity index (χ2n) is 12.2. The van der Waals surface area contributed by atoms with Gasteiger partial charge in [-0.2, -0.15) is 4.31 Å². The van der Waals surface area contributed by atoms with E-state index < -0.39 is 16.1 Å². The van der Waals surface area contributed by atoms with E-state index in [1.165, 1.54) is 0 Å². The van der Waals surface area contributed by atoms with E-state index in [1.54, 1.807) is 34.5 Å². The van der Waals surface area contributed by atoms with Crippen LogP contribution in [0.3, 0.4) is 0 Å². The van der Waals surface area contributed by atoms with Crippen LogP contribution < -0.4 is 14.5 Å². The van der Waals surface area contributed by atoms with Gasteiger partial charge in [0.05, 0.1) is 30.0 Å². The van der Waals surface area contributed by atoms with Crippen LogP contribution in [0.25, 0.3) is 0 Å². The molecule has 1 amide bonds. The highest BCUT2D eigenvalue weighted by Gasteiger charge is 2.58. The number of hydrogen-bond acceptors (Lipinski definition) is 10. The number of carbonyl (C=O) groups excluding carboxylic acids is 1. The van der Waals surface area contributed by atoms with Gasteiger partial charge in [-0.05, 0) is 59.9 Å². The zero-order valence-corrected chi connectivity index (χ0v) is 25.9. The Morgan fingerprint density at radius 3 is 2.36 bits per heavy atom. The number of pyridine rings is 1. The molecule has 3 aromatic rings. The number of aryl methyl sites for hydroxylation is 1. The summed E-state index contributed by atoms with van der Waals surface area (Å²) in [5.74, 6) is 1.34.